The van der Waals surface area contributed by atoms with Gasteiger partial charge in [-0.2, -0.15) is 0 Å². The average Bonchev–Trinajstić information content (AvgIpc) is 2.59. The fourth-order valence-corrected chi connectivity index (χ4v) is 2.68. The van der Waals surface area contributed by atoms with E-state index in [1.807, 2.05) is 0 Å². The monoisotopic (exact) mass is 359 g/mol. The van der Waals surface area contributed by atoms with Crippen molar-refractivity contribution in [3.8, 4) is 22.9 Å². The van der Waals surface area contributed by atoms with Crippen LogP contribution < -0.4 is 15.0 Å². The number of carboxylic acids is 1. The van der Waals surface area contributed by atoms with Gasteiger partial charge in [0, 0.05) is 12.0 Å². The number of aliphatic carboxylic acids is 1. The fraction of sp³-hybridized carbons (Fsp3) is 0.444. The summed E-state index contributed by atoms with van der Waals surface area (Å²) in [6, 6.07) is 5.29. The highest BCUT2D eigenvalue weighted by molar-refractivity contribution is 5.67. The minimum atomic E-state index is -0.988. The van der Waals surface area contributed by atoms with Gasteiger partial charge in [-0.15, -0.1) is 10.2 Å². The number of benzene rings is 1. The first-order valence-electron chi connectivity index (χ1n) is 8.55. The lowest BCUT2D eigenvalue weighted by atomic mass is 9.86. The maximum absolute atomic E-state index is 12.1. The molecule has 26 heavy (non-hydrogen) atoms. The van der Waals surface area contributed by atoms with E-state index in [1.54, 1.807) is 25.3 Å². The number of nitrogens with zero attached hydrogens (tertiary/aromatic N) is 2. The van der Waals surface area contributed by atoms with Gasteiger partial charge in [0.05, 0.1) is 20.1 Å². The van der Waals surface area contributed by atoms with E-state index in [1.165, 1.54) is 19.3 Å². The molecule has 1 fully saturated rings. The highest BCUT2D eigenvalue weighted by atomic mass is 16.5. The van der Waals surface area contributed by atoms with Crippen molar-refractivity contribution in [1.29, 1.82) is 0 Å². The van der Waals surface area contributed by atoms with Gasteiger partial charge in [0.15, 0.2) is 17.3 Å². The van der Waals surface area contributed by atoms with Crippen LogP contribution >= 0.6 is 0 Å². The van der Waals surface area contributed by atoms with E-state index in [2.05, 4.69) is 15.2 Å². The van der Waals surface area contributed by atoms with Crippen molar-refractivity contribution in [2.45, 2.75) is 32.1 Å². The number of nitrogens with one attached hydrogen (secondary N) is 1. The number of hydrogen-bond acceptors (Lipinski definition) is 6. The summed E-state index contributed by atoms with van der Waals surface area (Å²) < 4.78 is 11.2. The number of methoxy groups -OCH3 is 1. The maximum atomic E-state index is 12.1. The van der Waals surface area contributed by atoms with Crippen LogP contribution in [0, 0.1) is 5.92 Å². The molecule has 1 aliphatic carbocycles. The number of rotatable bonds is 8. The maximum Gasteiger partial charge on any atom is 0.303 e. The number of H-pyrrole nitrogens is 1. The van der Waals surface area contributed by atoms with Crippen LogP contribution in [0.2, 0.25) is 0 Å². The topological polar surface area (TPSA) is 114 Å². The van der Waals surface area contributed by atoms with E-state index in [9.17, 15) is 9.59 Å². The second-order valence-electron chi connectivity index (χ2n) is 6.32. The van der Waals surface area contributed by atoms with Gasteiger partial charge in [0.1, 0.15) is 5.69 Å². The first kappa shape index (κ1) is 17.9. The van der Waals surface area contributed by atoms with Gasteiger partial charge in [0.25, 0.3) is 5.56 Å². The molecule has 8 nitrogen and oxygen atoms in total. The Balaban J connectivity index is 1.76. The fourth-order valence-electron chi connectivity index (χ4n) is 2.68. The summed E-state index contributed by atoms with van der Waals surface area (Å²) in [4.78, 5) is 25.3. The average molecular weight is 359 g/mol. The van der Waals surface area contributed by atoms with Crippen molar-refractivity contribution >= 4 is 5.97 Å². The van der Waals surface area contributed by atoms with Crippen molar-refractivity contribution in [3.05, 3.63) is 34.2 Å². The normalized spacial score (nSPS) is 13.9. The molecule has 0 aliphatic heterocycles. The molecule has 0 saturated heterocycles. The molecule has 138 valence electrons. The Labute approximate surface area is 150 Å². The summed E-state index contributed by atoms with van der Waals surface area (Å²) in [6.07, 6.45) is 3.53. The van der Waals surface area contributed by atoms with Crippen LogP contribution in [0.25, 0.3) is 11.4 Å². The summed E-state index contributed by atoms with van der Waals surface area (Å²) in [5, 5.41) is 16.5. The number of carbonyl (C=O) groups is 1. The molecule has 3 rings (SSSR count). The van der Waals surface area contributed by atoms with Gasteiger partial charge < -0.3 is 19.6 Å². The third kappa shape index (κ3) is 4.19. The number of aromatic nitrogens is 3. The van der Waals surface area contributed by atoms with Crippen LogP contribution in [-0.4, -0.2) is 40.0 Å². The first-order valence-corrected chi connectivity index (χ1v) is 8.55. The third-order valence-corrected chi connectivity index (χ3v) is 4.48. The van der Waals surface area contributed by atoms with E-state index in [-0.39, 0.29) is 24.4 Å². The molecule has 1 saturated carbocycles. The van der Waals surface area contributed by atoms with Crippen molar-refractivity contribution < 1.29 is 19.4 Å². The predicted octanol–water partition coefficient (Wildman–Crippen LogP) is 2.04. The molecule has 0 bridgehead atoms. The zero-order valence-electron chi connectivity index (χ0n) is 14.5. The standard InChI is InChI=1S/C18H21N3O5/c1-25-15-9-12(5-7-14(15)26-10-11-3-2-4-11)17-19-18(24)13(20-21-17)6-8-16(22)23/h5,7,9,11H,2-4,6,8,10H2,1H3,(H,22,23)(H,19,21,24). The van der Waals surface area contributed by atoms with E-state index < -0.39 is 11.5 Å². The van der Waals surface area contributed by atoms with Crippen molar-refractivity contribution in [3.63, 3.8) is 0 Å². The molecular weight excluding hydrogens is 338 g/mol. The Morgan fingerprint density at radius 3 is 2.73 bits per heavy atom. The second kappa shape index (κ2) is 7.99. The quantitative estimate of drug-likeness (QED) is 0.741. The smallest absolute Gasteiger partial charge is 0.303 e. The zero-order valence-corrected chi connectivity index (χ0v) is 14.5. The minimum Gasteiger partial charge on any atom is -0.493 e. The van der Waals surface area contributed by atoms with Crippen molar-refractivity contribution in [2.24, 2.45) is 5.92 Å². The molecule has 1 aromatic carbocycles. The van der Waals surface area contributed by atoms with E-state index >= 15 is 0 Å². The Kier molecular flexibility index (Phi) is 5.50. The number of carboxylic acid groups (broad SMARTS) is 1. The van der Waals surface area contributed by atoms with E-state index in [0.717, 1.165) is 0 Å². The van der Waals surface area contributed by atoms with Crippen molar-refractivity contribution in [2.75, 3.05) is 13.7 Å². The lowest BCUT2D eigenvalue weighted by molar-refractivity contribution is -0.136. The molecule has 8 heteroatoms. The van der Waals surface area contributed by atoms with Gasteiger partial charge in [0.2, 0.25) is 0 Å². The van der Waals surface area contributed by atoms with Gasteiger partial charge in [-0.05, 0) is 37.0 Å². The molecule has 0 amide bonds. The molecule has 1 aliphatic rings. The molecule has 0 unspecified atom stereocenters. The van der Waals surface area contributed by atoms with Gasteiger partial charge in [-0.1, -0.05) is 6.42 Å². The largest absolute Gasteiger partial charge is 0.493 e. The Morgan fingerprint density at radius 2 is 2.12 bits per heavy atom. The highest BCUT2D eigenvalue weighted by Gasteiger charge is 2.19. The van der Waals surface area contributed by atoms with Crippen LogP contribution in [0.4, 0.5) is 0 Å². The zero-order chi connectivity index (χ0) is 18.5. The number of aryl methyl sites for hydroxylation is 1. The van der Waals surface area contributed by atoms with Crippen LogP contribution in [0.1, 0.15) is 31.4 Å². The van der Waals surface area contributed by atoms with Crippen LogP contribution in [-0.2, 0) is 11.2 Å². The molecule has 1 aromatic heterocycles. The third-order valence-electron chi connectivity index (χ3n) is 4.48. The van der Waals surface area contributed by atoms with E-state index in [4.69, 9.17) is 14.6 Å². The molecule has 2 N–H and O–H groups in total. The molecule has 0 atom stereocenters. The van der Waals surface area contributed by atoms with Crippen molar-refractivity contribution in [1.82, 2.24) is 15.2 Å². The first-order chi connectivity index (χ1) is 12.6. The van der Waals surface area contributed by atoms with Gasteiger partial charge in [-0.25, -0.2) is 0 Å². The minimum absolute atomic E-state index is 0.0369. The Hall–Kier alpha value is -2.90. The summed E-state index contributed by atoms with van der Waals surface area (Å²) in [7, 11) is 1.55. The van der Waals surface area contributed by atoms with Crippen LogP contribution in [0.5, 0.6) is 11.5 Å². The number of ether oxygens (including phenoxy) is 2. The Morgan fingerprint density at radius 1 is 1.31 bits per heavy atom. The molecule has 0 spiro atoms. The van der Waals surface area contributed by atoms with Gasteiger partial charge >= 0.3 is 5.97 Å². The molecule has 1 heterocycles. The van der Waals surface area contributed by atoms with Crippen LogP contribution in [0.15, 0.2) is 23.0 Å². The summed E-state index contributed by atoms with van der Waals surface area (Å²) in [5.41, 5.74) is 0.288. The lowest BCUT2D eigenvalue weighted by Gasteiger charge is -2.25. The Bertz CT molecular complexity index is 845. The molecule has 2 aromatic rings. The predicted molar refractivity (Wildman–Crippen MR) is 93.4 cm³/mol. The summed E-state index contributed by atoms with van der Waals surface area (Å²) in [5.74, 6) is 1.12. The molecular formula is C18H21N3O5. The number of aromatic amines is 1. The second-order valence-corrected chi connectivity index (χ2v) is 6.32. The summed E-state index contributed by atoms with van der Waals surface area (Å²) in [6.45, 7) is 0.671. The molecule has 0 radical (unpaired) electrons. The van der Waals surface area contributed by atoms with Gasteiger partial charge in [-0.3, -0.25) is 9.59 Å². The van der Waals surface area contributed by atoms with Crippen LogP contribution in [0.3, 0.4) is 0 Å². The summed E-state index contributed by atoms with van der Waals surface area (Å²) >= 11 is 0. The SMILES string of the molecule is COc1cc(-c2nnc(CCC(=O)O)c(=O)[nH]2)ccc1OCC1CCC1. The highest BCUT2D eigenvalue weighted by Crippen LogP contribution is 2.33. The lowest BCUT2D eigenvalue weighted by Crippen LogP contribution is -2.19. The van der Waals surface area contributed by atoms with E-state index in [0.29, 0.717) is 29.6 Å². The number of hydrogen-bond donors (Lipinski definition) is 2.